The number of nitrogen functional groups attached to an aromatic ring is 1. The number of H-pyrrole nitrogens is 1. The summed E-state index contributed by atoms with van der Waals surface area (Å²) in [5.74, 6) is 1.28. The molecule has 1 aliphatic carbocycles. The molecule has 1 aromatic rings. The van der Waals surface area contributed by atoms with Gasteiger partial charge in [0.2, 0.25) is 5.95 Å². The van der Waals surface area contributed by atoms with E-state index < -0.39 is 0 Å². The lowest BCUT2D eigenvalue weighted by atomic mass is 10.2. The third-order valence-electron chi connectivity index (χ3n) is 2.61. The van der Waals surface area contributed by atoms with Crippen molar-refractivity contribution >= 4 is 18.2 Å². The normalized spacial score (nSPS) is 26.2. The Hall–Kier alpha value is -0.840. The fraction of sp³-hybridized carbons (Fsp3) is 0.750. The highest BCUT2D eigenvalue weighted by Crippen LogP contribution is 2.47. The van der Waals surface area contributed by atoms with E-state index in [9.17, 15) is 0 Å². The molecule has 5 heteroatoms. The van der Waals surface area contributed by atoms with Gasteiger partial charge in [-0.15, -0.1) is 5.10 Å². The molecule has 0 aromatic carbocycles. The second-order valence-electron chi connectivity index (χ2n) is 3.61. The van der Waals surface area contributed by atoms with Crippen LogP contribution in [0.1, 0.15) is 32.2 Å². The third kappa shape index (κ3) is 1.48. The highest BCUT2D eigenvalue weighted by molar-refractivity contribution is 7.71. The van der Waals surface area contributed by atoms with Gasteiger partial charge in [-0.1, -0.05) is 13.3 Å². The second kappa shape index (κ2) is 3.14. The van der Waals surface area contributed by atoms with Crippen molar-refractivity contribution in [1.82, 2.24) is 14.8 Å². The van der Waals surface area contributed by atoms with E-state index in [4.69, 9.17) is 18.0 Å². The molecule has 3 N–H and O–H groups in total. The number of hydrogen-bond acceptors (Lipinski definition) is 3. The van der Waals surface area contributed by atoms with Crippen LogP contribution in [0.3, 0.4) is 0 Å². The Morgan fingerprint density at radius 2 is 2.54 bits per heavy atom. The van der Waals surface area contributed by atoms with Gasteiger partial charge in [0.15, 0.2) is 4.77 Å². The van der Waals surface area contributed by atoms with E-state index in [1.807, 2.05) is 4.57 Å². The largest absolute Gasteiger partial charge is 0.368 e. The van der Waals surface area contributed by atoms with Crippen molar-refractivity contribution in [3.05, 3.63) is 4.77 Å². The summed E-state index contributed by atoms with van der Waals surface area (Å²) < 4.78 is 2.59. The minimum atomic E-state index is 0.506. The average Bonchev–Trinajstić information content (AvgIpc) is 2.74. The summed E-state index contributed by atoms with van der Waals surface area (Å²) in [6.45, 7) is 2.20. The van der Waals surface area contributed by atoms with Crippen LogP contribution >= 0.6 is 12.2 Å². The molecule has 4 nitrogen and oxygen atoms in total. The first kappa shape index (κ1) is 8.74. The summed E-state index contributed by atoms with van der Waals surface area (Å²) in [5.41, 5.74) is 5.69. The van der Waals surface area contributed by atoms with Crippen molar-refractivity contribution in [3.8, 4) is 0 Å². The molecule has 72 valence electrons. The standard InChI is InChI=1S/C8H14N4S/c1-2-3-5-4-6(5)12-7(9)10-11-8(12)13/h5-6H,2-4H2,1H3,(H2,9,10)(H,11,13). The van der Waals surface area contributed by atoms with E-state index in [0.29, 0.717) is 16.8 Å². The van der Waals surface area contributed by atoms with Gasteiger partial charge in [0, 0.05) is 6.04 Å². The summed E-state index contributed by atoms with van der Waals surface area (Å²) in [6, 6.07) is 0.506. The van der Waals surface area contributed by atoms with Gasteiger partial charge in [0.1, 0.15) is 0 Å². The lowest BCUT2D eigenvalue weighted by molar-refractivity contribution is 0.607. The molecule has 1 aliphatic rings. The molecule has 0 spiro atoms. The molecular formula is C8H14N4S. The second-order valence-corrected chi connectivity index (χ2v) is 4.00. The van der Waals surface area contributed by atoms with Crippen LogP contribution in [0.5, 0.6) is 0 Å². The number of aromatic amines is 1. The van der Waals surface area contributed by atoms with Gasteiger partial charge in [0.05, 0.1) is 0 Å². The van der Waals surface area contributed by atoms with Gasteiger partial charge in [-0.3, -0.25) is 4.57 Å². The van der Waals surface area contributed by atoms with Crippen LogP contribution < -0.4 is 5.73 Å². The fourth-order valence-electron chi connectivity index (χ4n) is 1.87. The first-order valence-electron chi connectivity index (χ1n) is 4.66. The molecule has 0 aliphatic heterocycles. The van der Waals surface area contributed by atoms with Crippen molar-refractivity contribution in [1.29, 1.82) is 0 Å². The molecule has 0 saturated heterocycles. The SMILES string of the molecule is CCCC1CC1n1c(N)n[nH]c1=S. The Labute approximate surface area is 82.1 Å². The molecule has 1 aromatic heterocycles. The van der Waals surface area contributed by atoms with Crippen LogP contribution in [0.15, 0.2) is 0 Å². The van der Waals surface area contributed by atoms with Crippen LogP contribution in [0.2, 0.25) is 0 Å². The number of nitrogens with one attached hydrogen (secondary N) is 1. The number of nitrogens with two attached hydrogens (primary N) is 1. The van der Waals surface area contributed by atoms with Crippen LogP contribution in [0, 0.1) is 10.7 Å². The maximum atomic E-state index is 5.69. The number of anilines is 1. The highest BCUT2D eigenvalue weighted by atomic mass is 32.1. The quantitative estimate of drug-likeness (QED) is 0.729. The molecule has 1 saturated carbocycles. The predicted molar refractivity (Wildman–Crippen MR) is 53.9 cm³/mol. The van der Waals surface area contributed by atoms with E-state index in [2.05, 4.69) is 17.1 Å². The van der Waals surface area contributed by atoms with Crippen molar-refractivity contribution in [2.75, 3.05) is 5.73 Å². The molecule has 2 atom stereocenters. The summed E-state index contributed by atoms with van der Waals surface area (Å²) in [4.78, 5) is 0. The van der Waals surface area contributed by atoms with Gasteiger partial charge >= 0.3 is 0 Å². The summed E-state index contributed by atoms with van der Waals surface area (Å²) >= 11 is 5.09. The van der Waals surface area contributed by atoms with Crippen molar-refractivity contribution in [3.63, 3.8) is 0 Å². The lowest BCUT2D eigenvalue weighted by Gasteiger charge is -2.01. The van der Waals surface area contributed by atoms with Crippen LogP contribution in [-0.4, -0.2) is 14.8 Å². The average molecular weight is 198 g/mol. The maximum absolute atomic E-state index is 5.69. The van der Waals surface area contributed by atoms with Gasteiger partial charge in [-0.25, -0.2) is 5.10 Å². The number of rotatable bonds is 3. The Kier molecular flexibility index (Phi) is 2.11. The fourth-order valence-corrected chi connectivity index (χ4v) is 2.14. The van der Waals surface area contributed by atoms with Crippen LogP contribution in [0.25, 0.3) is 0 Å². The van der Waals surface area contributed by atoms with E-state index in [1.165, 1.54) is 19.3 Å². The molecule has 2 rings (SSSR count). The Morgan fingerprint density at radius 3 is 3.08 bits per heavy atom. The molecule has 1 heterocycles. The molecule has 1 fully saturated rings. The molecule has 13 heavy (non-hydrogen) atoms. The third-order valence-corrected chi connectivity index (χ3v) is 2.90. The summed E-state index contributed by atoms with van der Waals surface area (Å²) in [6.07, 6.45) is 3.69. The van der Waals surface area contributed by atoms with E-state index >= 15 is 0 Å². The van der Waals surface area contributed by atoms with Crippen molar-refractivity contribution in [2.24, 2.45) is 5.92 Å². The van der Waals surface area contributed by atoms with E-state index in [0.717, 1.165) is 5.92 Å². The molecule has 0 amide bonds. The zero-order valence-corrected chi connectivity index (χ0v) is 8.47. The predicted octanol–water partition coefficient (Wildman–Crippen LogP) is 1.88. The van der Waals surface area contributed by atoms with Crippen molar-refractivity contribution < 1.29 is 0 Å². The number of nitrogens with zero attached hydrogens (tertiary/aromatic N) is 2. The van der Waals surface area contributed by atoms with Crippen molar-refractivity contribution in [2.45, 2.75) is 32.2 Å². The van der Waals surface area contributed by atoms with E-state index in [-0.39, 0.29) is 0 Å². The monoisotopic (exact) mass is 198 g/mol. The van der Waals surface area contributed by atoms with Gasteiger partial charge in [-0.2, -0.15) is 0 Å². The first-order valence-corrected chi connectivity index (χ1v) is 5.07. The van der Waals surface area contributed by atoms with Crippen LogP contribution in [-0.2, 0) is 0 Å². The summed E-state index contributed by atoms with van der Waals surface area (Å²) in [5, 5.41) is 6.61. The lowest BCUT2D eigenvalue weighted by Crippen LogP contribution is -2.02. The number of hydrogen-bond donors (Lipinski definition) is 2. The zero-order valence-electron chi connectivity index (χ0n) is 7.66. The Morgan fingerprint density at radius 1 is 1.77 bits per heavy atom. The topological polar surface area (TPSA) is 59.6 Å². The Balaban J connectivity index is 2.15. The molecule has 0 radical (unpaired) electrons. The first-order chi connectivity index (χ1) is 6.24. The smallest absolute Gasteiger partial charge is 0.220 e. The minimum absolute atomic E-state index is 0.506. The van der Waals surface area contributed by atoms with Gasteiger partial charge in [-0.05, 0) is 31.0 Å². The minimum Gasteiger partial charge on any atom is -0.368 e. The molecular weight excluding hydrogens is 184 g/mol. The van der Waals surface area contributed by atoms with E-state index in [1.54, 1.807) is 0 Å². The summed E-state index contributed by atoms with van der Waals surface area (Å²) in [7, 11) is 0. The highest BCUT2D eigenvalue weighted by Gasteiger charge is 2.39. The molecule has 2 unspecified atom stereocenters. The maximum Gasteiger partial charge on any atom is 0.220 e. The number of aromatic nitrogens is 3. The van der Waals surface area contributed by atoms with Gasteiger partial charge in [0.25, 0.3) is 0 Å². The van der Waals surface area contributed by atoms with Gasteiger partial charge < -0.3 is 5.73 Å². The van der Waals surface area contributed by atoms with Crippen LogP contribution in [0.4, 0.5) is 5.95 Å². The zero-order chi connectivity index (χ0) is 9.42. The molecule has 0 bridgehead atoms. The Bertz CT molecular complexity index is 353.